The fraction of sp³-hybridized carbons (Fsp3) is 0.409. The lowest BCUT2D eigenvalue weighted by Crippen LogP contribution is -2.41. The van der Waals surface area contributed by atoms with Gasteiger partial charge in [0.25, 0.3) is 0 Å². The quantitative estimate of drug-likeness (QED) is 0.681. The summed E-state index contributed by atoms with van der Waals surface area (Å²) in [6.07, 6.45) is 0.983. The van der Waals surface area contributed by atoms with Crippen LogP contribution in [0, 0.1) is 12.7 Å². The van der Waals surface area contributed by atoms with Crippen LogP contribution in [0.5, 0.6) is 5.75 Å². The molecule has 2 aromatic rings. The third kappa shape index (κ3) is 5.72. The lowest BCUT2D eigenvalue weighted by molar-refractivity contribution is -0.120. The van der Waals surface area contributed by atoms with E-state index in [4.69, 9.17) is 4.74 Å². The van der Waals surface area contributed by atoms with E-state index in [1.807, 2.05) is 26.0 Å². The molecule has 0 aliphatic rings. The number of nitrogens with zero attached hydrogens (tertiary/aromatic N) is 1. The summed E-state index contributed by atoms with van der Waals surface area (Å²) in [5.74, 6) is -0.0430. The Bertz CT molecular complexity index is 1020. The largest absolute Gasteiger partial charge is 0.496 e. The molecular formula is C22H29FN2O4S. The lowest BCUT2D eigenvalue weighted by atomic mass is 9.93. The molecule has 0 saturated heterocycles. The Morgan fingerprint density at radius 2 is 1.83 bits per heavy atom. The lowest BCUT2D eigenvalue weighted by Gasteiger charge is -2.24. The third-order valence-electron chi connectivity index (χ3n) is 4.87. The number of hydrogen-bond acceptors (Lipinski definition) is 4. The van der Waals surface area contributed by atoms with Gasteiger partial charge < -0.3 is 10.1 Å². The first-order valence-corrected chi connectivity index (χ1v) is 11.5. The highest BCUT2D eigenvalue weighted by Gasteiger charge is 2.23. The summed E-state index contributed by atoms with van der Waals surface area (Å²) in [5.41, 5.74) is 3.00. The molecule has 0 radical (unpaired) electrons. The molecule has 1 N–H and O–H groups in total. The zero-order valence-corrected chi connectivity index (χ0v) is 19.0. The van der Waals surface area contributed by atoms with Crippen LogP contribution in [0.4, 0.5) is 10.1 Å². The molecule has 0 fully saturated rings. The Balaban J connectivity index is 2.25. The number of sulfonamides is 1. The SMILES string of the molecule is COc1cc(C)c([C@H](C)NC(=O)CN(c2cccc(F)c2)S(C)(=O)=O)cc1C(C)C. The van der Waals surface area contributed by atoms with E-state index < -0.39 is 28.3 Å². The van der Waals surface area contributed by atoms with Gasteiger partial charge in [-0.1, -0.05) is 19.9 Å². The molecule has 0 aliphatic carbocycles. The molecule has 1 atom stereocenters. The topological polar surface area (TPSA) is 75.7 Å². The molecule has 6 nitrogen and oxygen atoms in total. The zero-order valence-electron chi connectivity index (χ0n) is 18.2. The standard InChI is InChI=1S/C22H29FN2O4S/c1-14(2)19-12-20(15(3)10-21(19)29-5)16(4)24-22(26)13-25(30(6,27)28)18-9-7-8-17(23)11-18/h7-12,14,16H,13H2,1-6H3,(H,24,26)/t16-/m0/s1. The summed E-state index contributed by atoms with van der Waals surface area (Å²) in [6.45, 7) is 7.44. The van der Waals surface area contributed by atoms with E-state index in [-0.39, 0.29) is 17.6 Å². The van der Waals surface area contributed by atoms with Gasteiger partial charge in [-0.2, -0.15) is 0 Å². The van der Waals surface area contributed by atoms with Crippen LogP contribution in [0.2, 0.25) is 0 Å². The number of rotatable bonds is 8. The van der Waals surface area contributed by atoms with Crippen molar-refractivity contribution in [2.75, 3.05) is 24.2 Å². The number of benzene rings is 2. The smallest absolute Gasteiger partial charge is 0.241 e. The summed E-state index contributed by atoms with van der Waals surface area (Å²) in [6, 6.07) is 8.73. The predicted molar refractivity (Wildman–Crippen MR) is 117 cm³/mol. The molecule has 2 rings (SSSR count). The van der Waals surface area contributed by atoms with E-state index in [0.717, 1.165) is 39.1 Å². The van der Waals surface area contributed by atoms with Gasteiger partial charge in [-0.15, -0.1) is 0 Å². The number of carbonyl (C=O) groups excluding carboxylic acids is 1. The zero-order chi connectivity index (χ0) is 22.6. The molecule has 30 heavy (non-hydrogen) atoms. The van der Waals surface area contributed by atoms with E-state index in [1.165, 1.54) is 18.2 Å². The molecule has 0 saturated carbocycles. The normalized spacial score (nSPS) is 12.5. The first-order valence-electron chi connectivity index (χ1n) is 9.65. The van der Waals surface area contributed by atoms with Gasteiger partial charge >= 0.3 is 0 Å². The summed E-state index contributed by atoms with van der Waals surface area (Å²) in [4.78, 5) is 12.7. The maximum Gasteiger partial charge on any atom is 0.241 e. The van der Waals surface area contributed by atoms with Crippen molar-refractivity contribution in [3.8, 4) is 5.75 Å². The van der Waals surface area contributed by atoms with Crippen LogP contribution in [0.3, 0.4) is 0 Å². The average Bonchev–Trinajstić information content (AvgIpc) is 2.64. The minimum absolute atomic E-state index is 0.100. The van der Waals surface area contributed by atoms with Crippen molar-refractivity contribution in [3.63, 3.8) is 0 Å². The van der Waals surface area contributed by atoms with E-state index in [0.29, 0.717) is 0 Å². The van der Waals surface area contributed by atoms with Crippen LogP contribution in [0.25, 0.3) is 0 Å². The van der Waals surface area contributed by atoms with Gasteiger partial charge in [0, 0.05) is 0 Å². The van der Waals surface area contributed by atoms with Crippen LogP contribution < -0.4 is 14.4 Å². The Labute approximate surface area is 178 Å². The van der Waals surface area contributed by atoms with Gasteiger partial charge in [-0.05, 0) is 66.8 Å². The first kappa shape index (κ1) is 23.7. The van der Waals surface area contributed by atoms with E-state index in [9.17, 15) is 17.6 Å². The van der Waals surface area contributed by atoms with Crippen LogP contribution in [-0.4, -0.2) is 34.2 Å². The van der Waals surface area contributed by atoms with Gasteiger partial charge in [-0.25, -0.2) is 12.8 Å². The number of carbonyl (C=O) groups is 1. The highest BCUT2D eigenvalue weighted by atomic mass is 32.2. The Hall–Kier alpha value is -2.61. The number of amides is 1. The van der Waals surface area contributed by atoms with Crippen molar-refractivity contribution in [1.29, 1.82) is 0 Å². The molecule has 0 heterocycles. The summed E-state index contributed by atoms with van der Waals surface area (Å²) in [5, 5.41) is 2.85. The number of methoxy groups -OCH3 is 1. The number of hydrogen-bond donors (Lipinski definition) is 1. The molecule has 0 unspecified atom stereocenters. The van der Waals surface area contributed by atoms with E-state index in [2.05, 4.69) is 19.2 Å². The second kappa shape index (κ2) is 9.47. The number of halogens is 1. The van der Waals surface area contributed by atoms with Gasteiger partial charge in [-0.3, -0.25) is 9.10 Å². The number of ether oxygens (including phenoxy) is 1. The van der Waals surface area contributed by atoms with Crippen molar-refractivity contribution in [1.82, 2.24) is 5.32 Å². The maximum absolute atomic E-state index is 13.6. The molecule has 0 bridgehead atoms. The maximum atomic E-state index is 13.6. The molecule has 0 spiro atoms. The van der Waals surface area contributed by atoms with Crippen LogP contribution in [0.1, 0.15) is 49.4 Å². The van der Waals surface area contributed by atoms with Crippen molar-refractivity contribution < 1.29 is 22.3 Å². The van der Waals surface area contributed by atoms with E-state index in [1.54, 1.807) is 7.11 Å². The Morgan fingerprint density at radius 3 is 2.37 bits per heavy atom. The fourth-order valence-corrected chi connectivity index (χ4v) is 4.19. The monoisotopic (exact) mass is 436 g/mol. The van der Waals surface area contributed by atoms with Crippen molar-refractivity contribution in [2.45, 2.75) is 39.7 Å². The van der Waals surface area contributed by atoms with Gasteiger partial charge in [0.05, 0.1) is 25.1 Å². The predicted octanol–water partition coefficient (Wildman–Crippen LogP) is 3.91. The minimum Gasteiger partial charge on any atom is -0.496 e. The van der Waals surface area contributed by atoms with Gasteiger partial charge in [0.15, 0.2) is 0 Å². The Morgan fingerprint density at radius 1 is 1.17 bits per heavy atom. The van der Waals surface area contributed by atoms with Crippen LogP contribution in [0.15, 0.2) is 36.4 Å². The van der Waals surface area contributed by atoms with Crippen LogP contribution >= 0.6 is 0 Å². The summed E-state index contributed by atoms with van der Waals surface area (Å²) in [7, 11) is -2.15. The summed E-state index contributed by atoms with van der Waals surface area (Å²) < 4.78 is 44.3. The first-order chi connectivity index (χ1) is 13.9. The highest BCUT2D eigenvalue weighted by molar-refractivity contribution is 7.92. The second-order valence-electron chi connectivity index (χ2n) is 7.64. The van der Waals surface area contributed by atoms with Crippen LogP contribution in [-0.2, 0) is 14.8 Å². The fourth-order valence-electron chi connectivity index (χ4n) is 3.34. The molecule has 0 aromatic heterocycles. The molecule has 1 amide bonds. The number of anilines is 1. The van der Waals surface area contributed by atoms with Crippen molar-refractivity contribution in [2.24, 2.45) is 0 Å². The number of nitrogens with one attached hydrogen (secondary N) is 1. The van der Waals surface area contributed by atoms with Gasteiger partial charge in [0.2, 0.25) is 15.9 Å². The molecule has 0 aliphatic heterocycles. The summed E-state index contributed by atoms with van der Waals surface area (Å²) >= 11 is 0. The van der Waals surface area contributed by atoms with E-state index >= 15 is 0 Å². The molecular weight excluding hydrogens is 407 g/mol. The van der Waals surface area contributed by atoms with Crippen molar-refractivity contribution in [3.05, 3.63) is 58.9 Å². The van der Waals surface area contributed by atoms with Gasteiger partial charge in [0.1, 0.15) is 18.1 Å². The highest BCUT2D eigenvalue weighted by Crippen LogP contribution is 2.32. The molecule has 2 aromatic carbocycles. The minimum atomic E-state index is -3.78. The average molecular weight is 437 g/mol. The number of aryl methyl sites for hydroxylation is 1. The molecule has 164 valence electrons. The second-order valence-corrected chi connectivity index (χ2v) is 9.55. The third-order valence-corrected chi connectivity index (χ3v) is 6.01. The van der Waals surface area contributed by atoms with Crippen molar-refractivity contribution >= 4 is 21.6 Å². The Kier molecular flexibility index (Phi) is 7.47. The molecule has 8 heteroatoms.